The summed E-state index contributed by atoms with van der Waals surface area (Å²) in [5, 5.41) is 5.72. The van der Waals surface area contributed by atoms with Crippen LogP contribution in [0.2, 0.25) is 0 Å². The Balaban J connectivity index is 1.95. The van der Waals surface area contributed by atoms with Crippen molar-refractivity contribution in [1.29, 1.82) is 0 Å². The van der Waals surface area contributed by atoms with Crippen molar-refractivity contribution in [2.45, 2.75) is 59.5 Å². The molecule has 2 rings (SSSR count). The molecule has 0 spiro atoms. The number of rotatable bonds is 9. The van der Waals surface area contributed by atoms with Gasteiger partial charge in [-0.25, -0.2) is 0 Å². The fraction of sp³-hybridized carbons (Fsp3) is 0.417. The summed E-state index contributed by atoms with van der Waals surface area (Å²) < 4.78 is 5.95. The molecule has 0 aliphatic carbocycles. The molecule has 156 valence electrons. The molecule has 0 saturated heterocycles. The van der Waals surface area contributed by atoms with Crippen LogP contribution in [-0.2, 0) is 9.59 Å². The Morgan fingerprint density at radius 1 is 0.897 bits per heavy atom. The highest BCUT2D eigenvalue weighted by atomic mass is 16.5. The third-order valence-electron chi connectivity index (χ3n) is 4.77. The van der Waals surface area contributed by atoms with Gasteiger partial charge >= 0.3 is 0 Å². The van der Waals surface area contributed by atoms with Crippen LogP contribution in [0.5, 0.6) is 5.75 Å². The summed E-state index contributed by atoms with van der Waals surface area (Å²) in [5.41, 5.74) is 2.47. The minimum Gasteiger partial charge on any atom is -0.481 e. The maximum Gasteiger partial charge on any atom is 0.265 e. The second-order valence-corrected chi connectivity index (χ2v) is 7.82. The van der Waals surface area contributed by atoms with E-state index in [4.69, 9.17) is 4.74 Å². The normalized spacial score (nSPS) is 12.9. The zero-order valence-corrected chi connectivity index (χ0v) is 18.0. The lowest BCUT2D eigenvalue weighted by Crippen LogP contribution is -2.30. The highest BCUT2D eigenvalue weighted by Gasteiger charge is 2.18. The molecule has 2 aromatic rings. The third-order valence-corrected chi connectivity index (χ3v) is 4.77. The lowest BCUT2D eigenvalue weighted by atomic mass is 9.98. The van der Waals surface area contributed by atoms with Crippen molar-refractivity contribution in [3.63, 3.8) is 0 Å². The van der Waals surface area contributed by atoms with Gasteiger partial charge in [-0.1, -0.05) is 45.9 Å². The second kappa shape index (κ2) is 10.6. The average Bonchev–Trinajstić information content (AvgIpc) is 2.68. The van der Waals surface area contributed by atoms with Crippen molar-refractivity contribution in [3.05, 3.63) is 54.1 Å². The Bertz CT molecular complexity index is 815. The first-order valence-electron chi connectivity index (χ1n) is 10.3. The van der Waals surface area contributed by atoms with E-state index in [0.717, 1.165) is 17.7 Å². The van der Waals surface area contributed by atoms with Crippen LogP contribution >= 0.6 is 0 Å². The Morgan fingerprint density at radius 3 is 2.07 bits per heavy atom. The van der Waals surface area contributed by atoms with Crippen LogP contribution in [0.25, 0.3) is 0 Å². The van der Waals surface area contributed by atoms with Crippen LogP contribution in [0.3, 0.4) is 0 Å². The number of carbonyl (C=O) groups is 2. The Hall–Kier alpha value is -2.82. The number of anilines is 2. The number of ether oxygens (including phenoxy) is 1. The Kier molecular flexibility index (Phi) is 8.25. The van der Waals surface area contributed by atoms with Gasteiger partial charge in [0.2, 0.25) is 5.91 Å². The van der Waals surface area contributed by atoms with E-state index in [1.165, 1.54) is 0 Å². The molecule has 2 amide bonds. The Morgan fingerprint density at radius 2 is 1.48 bits per heavy atom. The smallest absolute Gasteiger partial charge is 0.265 e. The number of carbonyl (C=O) groups excluding carboxylic acids is 2. The molecular formula is C24H32N2O3. The molecule has 0 aliphatic heterocycles. The number of amides is 2. The van der Waals surface area contributed by atoms with Gasteiger partial charge in [-0.3, -0.25) is 9.59 Å². The lowest BCUT2D eigenvalue weighted by Gasteiger charge is -2.19. The molecule has 5 heteroatoms. The Labute approximate surface area is 173 Å². The molecule has 0 fully saturated rings. The molecule has 29 heavy (non-hydrogen) atoms. The van der Waals surface area contributed by atoms with E-state index in [9.17, 15) is 9.59 Å². The molecule has 2 N–H and O–H groups in total. The van der Waals surface area contributed by atoms with Gasteiger partial charge < -0.3 is 15.4 Å². The van der Waals surface area contributed by atoms with Gasteiger partial charge in [0.25, 0.3) is 5.91 Å². The van der Waals surface area contributed by atoms with E-state index in [1.54, 1.807) is 31.2 Å². The standard InChI is InChI=1S/C24H32N2O3/c1-6-17(4)21-9-7-8-10-22(21)29-18(5)24(28)26-20-13-11-19(12-14-20)25-23(27)15-16(2)3/h7-14,16-18H,6,15H2,1-5H3,(H,25,27)(H,26,28). The maximum absolute atomic E-state index is 12.5. The molecule has 0 aromatic heterocycles. The molecule has 2 atom stereocenters. The van der Waals surface area contributed by atoms with Crippen molar-refractivity contribution in [3.8, 4) is 5.75 Å². The van der Waals surface area contributed by atoms with Gasteiger partial charge in [0.05, 0.1) is 0 Å². The van der Waals surface area contributed by atoms with E-state index in [2.05, 4.69) is 24.5 Å². The third kappa shape index (κ3) is 6.93. The quantitative estimate of drug-likeness (QED) is 0.580. The number of para-hydroxylation sites is 1. The van der Waals surface area contributed by atoms with Crippen molar-refractivity contribution in [1.82, 2.24) is 0 Å². The van der Waals surface area contributed by atoms with Crippen LogP contribution in [0.1, 0.15) is 58.9 Å². The van der Waals surface area contributed by atoms with E-state index in [1.807, 2.05) is 38.1 Å². The molecule has 0 heterocycles. The number of hydrogen-bond acceptors (Lipinski definition) is 3. The van der Waals surface area contributed by atoms with Gasteiger partial charge in [0, 0.05) is 17.8 Å². The monoisotopic (exact) mass is 396 g/mol. The van der Waals surface area contributed by atoms with E-state index in [0.29, 0.717) is 29.6 Å². The maximum atomic E-state index is 12.5. The van der Waals surface area contributed by atoms with Crippen molar-refractivity contribution < 1.29 is 14.3 Å². The van der Waals surface area contributed by atoms with Crippen molar-refractivity contribution in [2.75, 3.05) is 10.6 Å². The van der Waals surface area contributed by atoms with Crippen molar-refractivity contribution >= 4 is 23.2 Å². The number of hydrogen-bond donors (Lipinski definition) is 2. The van der Waals surface area contributed by atoms with Gasteiger partial charge in [-0.2, -0.15) is 0 Å². The summed E-state index contributed by atoms with van der Waals surface area (Å²) in [6.07, 6.45) is 0.845. The molecule has 0 radical (unpaired) electrons. The summed E-state index contributed by atoms with van der Waals surface area (Å²) in [6.45, 7) is 10.0. The highest BCUT2D eigenvalue weighted by molar-refractivity contribution is 5.95. The second-order valence-electron chi connectivity index (χ2n) is 7.82. The number of benzene rings is 2. The predicted octanol–water partition coefficient (Wildman–Crippen LogP) is 5.59. The topological polar surface area (TPSA) is 67.4 Å². The molecular weight excluding hydrogens is 364 g/mol. The summed E-state index contributed by atoms with van der Waals surface area (Å²) in [6, 6.07) is 14.9. The molecule has 0 saturated carbocycles. The zero-order valence-electron chi connectivity index (χ0n) is 18.0. The van der Waals surface area contributed by atoms with Gasteiger partial charge in [-0.05, 0) is 61.1 Å². The zero-order chi connectivity index (χ0) is 21.4. The molecule has 2 unspecified atom stereocenters. The first-order valence-corrected chi connectivity index (χ1v) is 10.3. The minimum atomic E-state index is -0.634. The van der Waals surface area contributed by atoms with E-state index >= 15 is 0 Å². The van der Waals surface area contributed by atoms with Crippen molar-refractivity contribution in [2.24, 2.45) is 5.92 Å². The molecule has 0 aliphatic rings. The number of nitrogens with one attached hydrogen (secondary N) is 2. The van der Waals surface area contributed by atoms with Crippen LogP contribution in [0.4, 0.5) is 11.4 Å². The molecule has 5 nitrogen and oxygen atoms in total. The highest BCUT2D eigenvalue weighted by Crippen LogP contribution is 2.29. The SMILES string of the molecule is CCC(C)c1ccccc1OC(C)C(=O)Nc1ccc(NC(=O)CC(C)C)cc1. The van der Waals surface area contributed by atoms with Gasteiger partial charge in [-0.15, -0.1) is 0 Å². The predicted molar refractivity (Wildman–Crippen MR) is 118 cm³/mol. The summed E-state index contributed by atoms with van der Waals surface area (Å²) in [5.74, 6) is 1.17. The summed E-state index contributed by atoms with van der Waals surface area (Å²) in [7, 11) is 0. The lowest BCUT2D eigenvalue weighted by molar-refractivity contribution is -0.122. The fourth-order valence-electron chi connectivity index (χ4n) is 2.92. The van der Waals surface area contributed by atoms with Crippen LogP contribution in [-0.4, -0.2) is 17.9 Å². The molecule has 2 aromatic carbocycles. The van der Waals surface area contributed by atoms with E-state index in [-0.39, 0.29) is 11.8 Å². The first-order chi connectivity index (χ1) is 13.8. The largest absolute Gasteiger partial charge is 0.481 e. The van der Waals surface area contributed by atoms with E-state index < -0.39 is 6.10 Å². The molecule has 0 bridgehead atoms. The summed E-state index contributed by atoms with van der Waals surface area (Å²) >= 11 is 0. The average molecular weight is 397 g/mol. The van der Waals surface area contributed by atoms with Crippen LogP contribution in [0, 0.1) is 5.92 Å². The first kappa shape index (κ1) is 22.5. The minimum absolute atomic E-state index is 0.0150. The fourth-order valence-corrected chi connectivity index (χ4v) is 2.92. The van der Waals surface area contributed by atoms with Crippen LogP contribution < -0.4 is 15.4 Å². The van der Waals surface area contributed by atoms with Crippen LogP contribution in [0.15, 0.2) is 48.5 Å². The van der Waals surface area contributed by atoms with Gasteiger partial charge in [0.1, 0.15) is 5.75 Å². The summed E-state index contributed by atoms with van der Waals surface area (Å²) in [4.78, 5) is 24.4. The van der Waals surface area contributed by atoms with Gasteiger partial charge in [0.15, 0.2) is 6.10 Å².